The summed E-state index contributed by atoms with van der Waals surface area (Å²) in [6.07, 6.45) is 0.595. The number of hydrogen-bond donors (Lipinski definition) is 1. The van der Waals surface area contributed by atoms with Gasteiger partial charge in [-0.1, -0.05) is 42.8 Å². The summed E-state index contributed by atoms with van der Waals surface area (Å²) < 4.78 is 66.2. The first-order valence-corrected chi connectivity index (χ1v) is 16.3. The van der Waals surface area contributed by atoms with Crippen molar-refractivity contribution < 1.29 is 31.1 Å². The summed E-state index contributed by atoms with van der Waals surface area (Å²) in [5, 5.41) is 2.72. The molecule has 1 amide bonds. The Kier molecular flexibility index (Phi) is 10.0. The van der Waals surface area contributed by atoms with Gasteiger partial charge in [-0.05, 0) is 61.4 Å². The number of anilines is 1. The lowest BCUT2D eigenvalue weighted by Crippen LogP contribution is -2.42. The second-order valence-corrected chi connectivity index (χ2v) is 13.3. The molecule has 10 nitrogen and oxygen atoms in total. The Labute approximate surface area is 242 Å². The predicted octanol–water partition coefficient (Wildman–Crippen LogP) is 2.97. The molecule has 0 spiro atoms. The predicted molar refractivity (Wildman–Crippen MR) is 156 cm³/mol. The highest BCUT2D eigenvalue weighted by Crippen LogP contribution is 2.28. The number of nitrogens with zero attached hydrogens (tertiary/aromatic N) is 2. The summed E-state index contributed by atoms with van der Waals surface area (Å²) in [6, 6.07) is 19.7. The molecule has 0 aliphatic carbocycles. The summed E-state index contributed by atoms with van der Waals surface area (Å²) >= 11 is 0. The standard InChI is InChI=1S/C29H35N3O7S2/c1-3-24-6-4-5-7-28(24)32(41(36,37)27-12-8-23(2)9-13-27)22-29(33)30-16-19-39-25-10-14-26(15-11-25)40(34,35)31-17-20-38-21-18-31/h4-15H,3,16-22H2,1-2H3,(H,30,33). The van der Waals surface area contributed by atoms with E-state index in [0.717, 1.165) is 15.4 Å². The number of para-hydroxylation sites is 1. The molecule has 1 fully saturated rings. The Balaban J connectivity index is 1.37. The molecule has 12 heteroatoms. The van der Waals surface area contributed by atoms with Crippen molar-refractivity contribution in [2.24, 2.45) is 0 Å². The van der Waals surface area contributed by atoms with E-state index in [-0.39, 0.29) is 22.9 Å². The maximum absolute atomic E-state index is 13.6. The molecule has 3 aromatic rings. The van der Waals surface area contributed by atoms with Crippen molar-refractivity contribution >= 4 is 31.6 Å². The molecule has 0 radical (unpaired) electrons. The van der Waals surface area contributed by atoms with Gasteiger partial charge in [0, 0.05) is 13.1 Å². The third-order valence-corrected chi connectivity index (χ3v) is 10.3. The van der Waals surface area contributed by atoms with Crippen LogP contribution in [-0.2, 0) is 36.0 Å². The summed E-state index contributed by atoms with van der Waals surface area (Å²) in [5.41, 5.74) is 2.18. The summed E-state index contributed by atoms with van der Waals surface area (Å²) in [5.74, 6) is -0.0391. The molecule has 1 aliphatic rings. The lowest BCUT2D eigenvalue weighted by molar-refractivity contribution is -0.119. The molecule has 0 aromatic heterocycles. The number of carbonyl (C=O) groups excluding carboxylic acids is 1. The third kappa shape index (κ3) is 7.45. The minimum absolute atomic E-state index is 0.101. The Morgan fingerprint density at radius 2 is 1.56 bits per heavy atom. The number of amides is 1. The van der Waals surface area contributed by atoms with Crippen LogP contribution in [0.25, 0.3) is 0 Å². The average molecular weight is 602 g/mol. The van der Waals surface area contributed by atoms with E-state index >= 15 is 0 Å². The smallest absolute Gasteiger partial charge is 0.264 e. The number of nitrogens with one attached hydrogen (secondary N) is 1. The minimum atomic E-state index is -4.01. The second kappa shape index (κ2) is 13.5. The fourth-order valence-corrected chi connectivity index (χ4v) is 7.25. The molecule has 3 aromatic carbocycles. The molecule has 1 N–H and O–H groups in total. The zero-order chi connectivity index (χ0) is 29.5. The van der Waals surface area contributed by atoms with Crippen molar-refractivity contribution in [3.05, 3.63) is 83.9 Å². The number of carbonyl (C=O) groups is 1. The van der Waals surface area contributed by atoms with E-state index in [1.54, 1.807) is 36.4 Å². The first kappa shape index (κ1) is 30.5. The van der Waals surface area contributed by atoms with E-state index in [9.17, 15) is 21.6 Å². The zero-order valence-corrected chi connectivity index (χ0v) is 24.8. The molecule has 4 rings (SSSR count). The quantitative estimate of drug-likeness (QED) is 0.317. The van der Waals surface area contributed by atoms with Crippen LogP contribution in [0.15, 0.2) is 82.6 Å². The largest absolute Gasteiger partial charge is 0.492 e. The fraction of sp³-hybridized carbons (Fsp3) is 0.345. The normalized spacial score (nSPS) is 14.4. The zero-order valence-electron chi connectivity index (χ0n) is 23.2. The molecule has 0 unspecified atom stereocenters. The van der Waals surface area contributed by atoms with Gasteiger partial charge in [-0.25, -0.2) is 16.8 Å². The van der Waals surface area contributed by atoms with E-state index in [0.29, 0.717) is 44.2 Å². The minimum Gasteiger partial charge on any atom is -0.492 e. The molecule has 1 heterocycles. The molecule has 1 saturated heterocycles. The number of rotatable bonds is 12. The SMILES string of the molecule is CCc1ccccc1N(CC(=O)NCCOc1ccc(S(=O)(=O)N2CCOCC2)cc1)S(=O)(=O)c1ccc(C)cc1. The molecule has 220 valence electrons. The van der Waals surface area contributed by atoms with Crippen LogP contribution in [0.3, 0.4) is 0 Å². The summed E-state index contributed by atoms with van der Waals surface area (Å²) in [6.45, 7) is 5.00. The van der Waals surface area contributed by atoms with Gasteiger partial charge in [0.2, 0.25) is 15.9 Å². The van der Waals surface area contributed by atoms with Crippen molar-refractivity contribution in [3.63, 3.8) is 0 Å². The highest BCUT2D eigenvalue weighted by Gasteiger charge is 2.29. The highest BCUT2D eigenvalue weighted by atomic mass is 32.2. The van der Waals surface area contributed by atoms with Crippen LogP contribution in [0.4, 0.5) is 5.69 Å². The number of morpholine rings is 1. The number of sulfonamides is 2. The van der Waals surface area contributed by atoms with Crippen LogP contribution < -0.4 is 14.4 Å². The Hall–Kier alpha value is -3.45. The molecular weight excluding hydrogens is 566 g/mol. The molecule has 0 saturated carbocycles. The van der Waals surface area contributed by atoms with Gasteiger partial charge in [0.05, 0.1) is 35.2 Å². The Morgan fingerprint density at radius 3 is 2.22 bits per heavy atom. The van der Waals surface area contributed by atoms with Crippen LogP contribution in [0.1, 0.15) is 18.1 Å². The van der Waals surface area contributed by atoms with Gasteiger partial charge in [0.25, 0.3) is 10.0 Å². The average Bonchev–Trinajstić information content (AvgIpc) is 2.99. The van der Waals surface area contributed by atoms with Crippen molar-refractivity contribution in [2.45, 2.75) is 30.1 Å². The fourth-order valence-electron chi connectivity index (χ4n) is 4.38. The van der Waals surface area contributed by atoms with Gasteiger partial charge < -0.3 is 14.8 Å². The van der Waals surface area contributed by atoms with Gasteiger partial charge in [-0.2, -0.15) is 4.31 Å². The van der Waals surface area contributed by atoms with Crippen LogP contribution in [0.5, 0.6) is 5.75 Å². The second-order valence-electron chi connectivity index (χ2n) is 9.49. The molecule has 0 atom stereocenters. The Morgan fingerprint density at radius 1 is 0.927 bits per heavy atom. The highest BCUT2D eigenvalue weighted by molar-refractivity contribution is 7.92. The van der Waals surface area contributed by atoms with Crippen molar-refractivity contribution in [3.8, 4) is 5.75 Å². The van der Waals surface area contributed by atoms with Crippen molar-refractivity contribution in [1.29, 1.82) is 0 Å². The molecule has 41 heavy (non-hydrogen) atoms. The number of aryl methyl sites for hydroxylation is 2. The van der Waals surface area contributed by atoms with E-state index in [2.05, 4.69) is 5.32 Å². The topological polar surface area (TPSA) is 122 Å². The van der Waals surface area contributed by atoms with Crippen LogP contribution in [0, 0.1) is 6.92 Å². The summed E-state index contributed by atoms with van der Waals surface area (Å²) in [7, 11) is -7.62. The van der Waals surface area contributed by atoms with Crippen molar-refractivity contribution in [1.82, 2.24) is 9.62 Å². The van der Waals surface area contributed by atoms with Crippen LogP contribution in [0.2, 0.25) is 0 Å². The van der Waals surface area contributed by atoms with Gasteiger partial charge in [-0.3, -0.25) is 9.10 Å². The van der Waals surface area contributed by atoms with Crippen molar-refractivity contribution in [2.75, 3.05) is 50.3 Å². The van der Waals surface area contributed by atoms with Gasteiger partial charge in [0.1, 0.15) is 18.9 Å². The Bertz CT molecular complexity index is 1540. The van der Waals surface area contributed by atoms with Crippen LogP contribution in [-0.4, -0.2) is 73.0 Å². The number of benzene rings is 3. The van der Waals surface area contributed by atoms with E-state index in [1.807, 2.05) is 26.0 Å². The monoisotopic (exact) mass is 601 g/mol. The van der Waals surface area contributed by atoms with Gasteiger partial charge in [-0.15, -0.1) is 0 Å². The van der Waals surface area contributed by atoms with Crippen LogP contribution >= 0.6 is 0 Å². The van der Waals surface area contributed by atoms with E-state index in [1.165, 1.54) is 28.6 Å². The lowest BCUT2D eigenvalue weighted by atomic mass is 10.1. The van der Waals surface area contributed by atoms with E-state index in [4.69, 9.17) is 9.47 Å². The molecule has 1 aliphatic heterocycles. The lowest BCUT2D eigenvalue weighted by Gasteiger charge is -2.26. The number of ether oxygens (including phenoxy) is 2. The third-order valence-electron chi connectivity index (χ3n) is 6.66. The van der Waals surface area contributed by atoms with Gasteiger partial charge in [0.15, 0.2) is 0 Å². The van der Waals surface area contributed by atoms with Gasteiger partial charge >= 0.3 is 0 Å². The molecular formula is C29H35N3O7S2. The first-order chi connectivity index (χ1) is 19.6. The first-order valence-electron chi connectivity index (χ1n) is 13.4. The summed E-state index contributed by atoms with van der Waals surface area (Å²) in [4.78, 5) is 13.2. The maximum atomic E-state index is 13.6. The van der Waals surface area contributed by atoms with E-state index < -0.39 is 32.5 Å². The molecule has 0 bridgehead atoms. The number of hydrogen-bond acceptors (Lipinski definition) is 7. The maximum Gasteiger partial charge on any atom is 0.264 e.